The highest BCUT2D eigenvalue weighted by molar-refractivity contribution is 9.10. The van der Waals surface area contributed by atoms with Crippen molar-refractivity contribution in [1.82, 2.24) is 4.98 Å². The number of hydrogen-bond acceptors (Lipinski definition) is 2. The van der Waals surface area contributed by atoms with E-state index in [-0.39, 0.29) is 11.4 Å². The van der Waals surface area contributed by atoms with Crippen molar-refractivity contribution in [3.8, 4) is 0 Å². The Hall–Kier alpha value is -1.46. The molecule has 0 aliphatic heterocycles. The van der Waals surface area contributed by atoms with E-state index < -0.39 is 11.7 Å². The summed E-state index contributed by atoms with van der Waals surface area (Å²) in [6, 6.07) is 7.38. The van der Waals surface area contributed by atoms with Crippen molar-refractivity contribution in [2.45, 2.75) is 0 Å². The highest BCUT2D eigenvalue weighted by atomic mass is 79.9. The van der Waals surface area contributed by atoms with Crippen molar-refractivity contribution in [3.05, 3.63) is 57.5 Å². The number of rotatable bonds is 2. The Morgan fingerprint density at radius 3 is 2.72 bits per heavy atom. The molecule has 1 heterocycles. The van der Waals surface area contributed by atoms with Crippen LogP contribution >= 0.6 is 27.5 Å². The second-order valence-corrected chi connectivity index (χ2v) is 4.79. The molecule has 1 amide bonds. The zero-order valence-corrected chi connectivity index (χ0v) is 11.3. The Balaban J connectivity index is 2.18. The van der Waals surface area contributed by atoms with Crippen LogP contribution in [0.1, 0.15) is 10.5 Å². The number of anilines is 1. The van der Waals surface area contributed by atoms with Crippen LogP contribution in [0.3, 0.4) is 0 Å². The molecule has 0 fully saturated rings. The van der Waals surface area contributed by atoms with E-state index >= 15 is 0 Å². The lowest BCUT2D eigenvalue weighted by atomic mass is 10.3. The fourth-order valence-electron chi connectivity index (χ4n) is 1.29. The number of hydrogen-bond donors (Lipinski definition) is 1. The Bertz CT molecular complexity index is 589. The highest BCUT2D eigenvalue weighted by Gasteiger charge is 2.10. The van der Waals surface area contributed by atoms with E-state index in [0.29, 0.717) is 9.50 Å². The summed E-state index contributed by atoms with van der Waals surface area (Å²) in [6.45, 7) is 0. The summed E-state index contributed by atoms with van der Waals surface area (Å²) in [5.74, 6) is -1.01. The fraction of sp³-hybridized carbons (Fsp3) is 0. The van der Waals surface area contributed by atoms with Crippen LogP contribution in [-0.2, 0) is 0 Å². The van der Waals surface area contributed by atoms with Gasteiger partial charge in [-0.2, -0.15) is 0 Å². The lowest BCUT2D eigenvalue weighted by molar-refractivity contribution is 0.102. The molecule has 0 saturated heterocycles. The van der Waals surface area contributed by atoms with Gasteiger partial charge in [0.05, 0.1) is 10.7 Å². The van der Waals surface area contributed by atoms with E-state index in [2.05, 4.69) is 26.2 Å². The molecule has 1 aromatic carbocycles. The Morgan fingerprint density at radius 1 is 1.33 bits per heavy atom. The third-order valence-corrected chi connectivity index (χ3v) is 2.86. The summed E-state index contributed by atoms with van der Waals surface area (Å²) >= 11 is 8.80. The van der Waals surface area contributed by atoms with Gasteiger partial charge in [-0.15, -0.1) is 0 Å². The molecule has 0 aliphatic carbocycles. The first kappa shape index (κ1) is 13.0. The van der Waals surface area contributed by atoms with Crippen molar-refractivity contribution in [1.29, 1.82) is 0 Å². The molecule has 3 nitrogen and oxygen atoms in total. The number of pyridine rings is 1. The minimum absolute atomic E-state index is 0.0972. The molecule has 0 atom stereocenters. The van der Waals surface area contributed by atoms with Crippen LogP contribution in [0.25, 0.3) is 0 Å². The van der Waals surface area contributed by atoms with Gasteiger partial charge in [0, 0.05) is 10.7 Å². The van der Waals surface area contributed by atoms with Crippen molar-refractivity contribution >= 4 is 39.1 Å². The van der Waals surface area contributed by atoms with Gasteiger partial charge < -0.3 is 5.32 Å². The first-order chi connectivity index (χ1) is 8.56. The van der Waals surface area contributed by atoms with Crippen LogP contribution in [0.4, 0.5) is 10.1 Å². The van der Waals surface area contributed by atoms with Crippen molar-refractivity contribution in [2.75, 3.05) is 5.32 Å². The molecule has 18 heavy (non-hydrogen) atoms. The molecule has 0 radical (unpaired) electrons. The predicted octanol–water partition coefficient (Wildman–Crippen LogP) is 3.89. The molecule has 92 valence electrons. The number of halogens is 3. The number of aromatic nitrogens is 1. The molecule has 6 heteroatoms. The van der Waals surface area contributed by atoms with E-state index in [1.165, 1.54) is 24.4 Å². The van der Waals surface area contributed by atoms with Gasteiger partial charge >= 0.3 is 0 Å². The molecule has 0 spiro atoms. The number of amides is 1. The summed E-state index contributed by atoms with van der Waals surface area (Å²) in [4.78, 5) is 15.6. The van der Waals surface area contributed by atoms with Crippen LogP contribution < -0.4 is 5.32 Å². The molecule has 0 saturated carbocycles. The number of nitrogens with zero attached hydrogens (tertiary/aromatic N) is 1. The third-order valence-electron chi connectivity index (χ3n) is 2.14. The van der Waals surface area contributed by atoms with Crippen molar-refractivity contribution in [2.24, 2.45) is 0 Å². The molecular weight excluding hydrogens is 322 g/mol. The summed E-state index contributed by atoms with van der Waals surface area (Å²) < 4.78 is 14.1. The molecule has 0 unspecified atom stereocenters. The Kier molecular flexibility index (Phi) is 3.93. The smallest absolute Gasteiger partial charge is 0.274 e. The van der Waals surface area contributed by atoms with Crippen LogP contribution in [0.2, 0.25) is 5.02 Å². The van der Waals surface area contributed by atoms with Crippen LogP contribution in [0, 0.1) is 5.82 Å². The van der Waals surface area contributed by atoms with Crippen LogP contribution in [0.5, 0.6) is 0 Å². The molecule has 2 aromatic rings. The summed E-state index contributed by atoms with van der Waals surface area (Å²) in [5.41, 5.74) is 0.265. The Labute approximate surface area is 116 Å². The summed E-state index contributed by atoms with van der Waals surface area (Å²) in [5, 5.41) is 2.86. The van der Waals surface area contributed by atoms with Crippen LogP contribution in [0.15, 0.2) is 41.0 Å². The van der Waals surface area contributed by atoms with Gasteiger partial charge in [-0.1, -0.05) is 27.5 Å². The Morgan fingerprint density at radius 2 is 2.11 bits per heavy atom. The molecule has 1 aromatic heterocycles. The van der Waals surface area contributed by atoms with E-state index in [9.17, 15) is 9.18 Å². The number of carbonyl (C=O) groups is 1. The molecule has 1 N–H and O–H groups in total. The highest BCUT2D eigenvalue weighted by Crippen LogP contribution is 2.19. The molecular formula is C12H7BrClFN2O. The lowest BCUT2D eigenvalue weighted by Gasteiger charge is -2.06. The average Bonchev–Trinajstić information content (AvgIpc) is 2.33. The van der Waals surface area contributed by atoms with Gasteiger partial charge in [-0.05, 0) is 30.3 Å². The maximum atomic E-state index is 13.5. The van der Waals surface area contributed by atoms with E-state index in [4.69, 9.17) is 11.6 Å². The van der Waals surface area contributed by atoms with Gasteiger partial charge in [0.15, 0.2) is 0 Å². The fourth-order valence-corrected chi connectivity index (χ4v) is 1.73. The minimum atomic E-state index is -0.522. The lowest BCUT2D eigenvalue weighted by Crippen LogP contribution is -2.14. The van der Waals surface area contributed by atoms with E-state index in [1.54, 1.807) is 12.1 Å². The van der Waals surface area contributed by atoms with Gasteiger partial charge in [0.25, 0.3) is 5.91 Å². The minimum Gasteiger partial charge on any atom is -0.318 e. The zero-order valence-electron chi connectivity index (χ0n) is 8.95. The monoisotopic (exact) mass is 328 g/mol. The number of nitrogens with one attached hydrogen (secondary N) is 1. The second-order valence-electron chi connectivity index (χ2n) is 3.44. The third kappa shape index (κ3) is 3.05. The quantitative estimate of drug-likeness (QED) is 0.908. The predicted molar refractivity (Wildman–Crippen MR) is 71.3 cm³/mol. The SMILES string of the molecule is O=C(Nc1ccc(Br)cc1F)c1ccc(Cl)cn1. The topological polar surface area (TPSA) is 42.0 Å². The molecule has 2 rings (SSSR count). The largest absolute Gasteiger partial charge is 0.318 e. The maximum Gasteiger partial charge on any atom is 0.274 e. The second kappa shape index (κ2) is 5.46. The standard InChI is InChI=1S/C12H7BrClFN2O/c13-7-1-3-10(9(15)5-7)17-12(18)11-4-2-8(14)6-16-11/h1-6H,(H,17,18). The van der Waals surface area contributed by atoms with Crippen LogP contribution in [-0.4, -0.2) is 10.9 Å². The van der Waals surface area contributed by atoms with Gasteiger partial charge in [-0.25, -0.2) is 9.37 Å². The average molecular weight is 330 g/mol. The van der Waals surface area contributed by atoms with Crippen molar-refractivity contribution in [3.63, 3.8) is 0 Å². The van der Waals surface area contributed by atoms with Crippen molar-refractivity contribution < 1.29 is 9.18 Å². The maximum absolute atomic E-state index is 13.5. The first-order valence-corrected chi connectivity index (χ1v) is 6.11. The van der Waals surface area contributed by atoms with Gasteiger partial charge in [0.1, 0.15) is 11.5 Å². The first-order valence-electron chi connectivity index (χ1n) is 4.94. The zero-order chi connectivity index (χ0) is 13.1. The van der Waals surface area contributed by atoms with E-state index in [1.807, 2.05) is 0 Å². The number of benzene rings is 1. The van der Waals surface area contributed by atoms with Gasteiger partial charge in [-0.3, -0.25) is 4.79 Å². The molecule has 0 aliphatic rings. The summed E-state index contributed by atoms with van der Waals surface area (Å²) in [6.07, 6.45) is 1.36. The normalized spacial score (nSPS) is 10.2. The molecule has 0 bridgehead atoms. The van der Waals surface area contributed by atoms with Gasteiger partial charge in [0.2, 0.25) is 0 Å². The number of carbonyl (C=O) groups excluding carboxylic acids is 1. The van der Waals surface area contributed by atoms with E-state index in [0.717, 1.165) is 0 Å². The summed E-state index contributed by atoms with van der Waals surface area (Å²) in [7, 11) is 0.